The molecule has 72 valence electrons. The summed E-state index contributed by atoms with van der Waals surface area (Å²) in [5.74, 6) is 0. The van der Waals surface area contributed by atoms with Crippen molar-refractivity contribution in [2.75, 3.05) is 13.6 Å². The lowest BCUT2D eigenvalue weighted by molar-refractivity contribution is 0.260. The number of rotatable bonds is 4. The zero-order valence-electron chi connectivity index (χ0n) is 8.10. The summed E-state index contributed by atoms with van der Waals surface area (Å²) >= 11 is 1.30. The average molecular weight is 197 g/mol. The van der Waals surface area contributed by atoms with Gasteiger partial charge in [0.15, 0.2) is 5.50 Å². The van der Waals surface area contributed by atoms with Crippen LogP contribution in [0, 0.1) is 10.7 Å². The topological polar surface area (TPSA) is 30.3 Å². The van der Waals surface area contributed by atoms with Crippen LogP contribution in [0.25, 0.3) is 0 Å². The maximum atomic E-state index is 8.62. The first-order chi connectivity index (χ1) is 6.29. The summed E-state index contributed by atoms with van der Waals surface area (Å²) in [5.41, 5.74) is 0.177. The molecule has 0 amide bonds. The smallest absolute Gasteiger partial charge is 0.163 e. The Labute approximate surface area is 84.0 Å². The second kappa shape index (κ2) is 5.03. The lowest BCUT2D eigenvalue weighted by Crippen LogP contribution is -2.33. The van der Waals surface area contributed by atoms with Gasteiger partial charge in [0.05, 0.1) is 0 Å². The molecule has 1 atom stereocenters. The van der Waals surface area contributed by atoms with Crippen LogP contribution in [0.5, 0.6) is 0 Å². The number of nitriles is 1. The summed E-state index contributed by atoms with van der Waals surface area (Å²) in [5, 5.41) is 10.8. The predicted molar refractivity (Wildman–Crippen MR) is 55.5 cm³/mol. The molecule has 0 aromatic carbocycles. The second-order valence-corrected chi connectivity index (χ2v) is 3.93. The Kier molecular flexibility index (Phi) is 3.97. The molecule has 3 nitrogen and oxygen atoms in total. The van der Waals surface area contributed by atoms with Crippen LogP contribution in [0.15, 0.2) is 12.4 Å². The molecule has 13 heavy (non-hydrogen) atoms. The SMILES string of the molecule is CCCCN1C=CN(C)C1SC#N. The third-order valence-electron chi connectivity index (χ3n) is 2.05. The van der Waals surface area contributed by atoms with Gasteiger partial charge in [0.25, 0.3) is 0 Å². The minimum atomic E-state index is 0.177. The summed E-state index contributed by atoms with van der Waals surface area (Å²) in [7, 11) is 2.00. The van der Waals surface area contributed by atoms with Crippen molar-refractivity contribution in [1.82, 2.24) is 9.80 Å². The monoisotopic (exact) mass is 197 g/mol. The van der Waals surface area contributed by atoms with Crippen LogP contribution < -0.4 is 0 Å². The molecule has 0 radical (unpaired) electrons. The van der Waals surface area contributed by atoms with E-state index in [1.807, 2.05) is 13.2 Å². The van der Waals surface area contributed by atoms with E-state index in [-0.39, 0.29) is 5.50 Å². The lowest BCUT2D eigenvalue weighted by atomic mass is 10.3. The molecule has 0 N–H and O–H groups in total. The van der Waals surface area contributed by atoms with Gasteiger partial charge in [-0.2, -0.15) is 5.26 Å². The molecule has 1 unspecified atom stereocenters. The Morgan fingerprint density at radius 1 is 1.54 bits per heavy atom. The molecule has 0 aliphatic carbocycles. The molecule has 1 aliphatic heterocycles. The molecule has 0 aromatic rings. The van der Waals surface area contributed by atoms with Crippen LogP contribution in [0.1, 0.15) is 19.8 Å². The Morgan fingerprint density at radius 3 is 2.92 bits per heavy atom. The van der Waals surface area contributed by atoms with Crippen molar-refractivity contribution < 1.29 is 0 Å². The van der Waals surface area contributed by atoms with Gasteiger partial charge < -0.3 is 9.80 Å². The van der Waals surface area contributed by atoms with E-state index in [4.69, 9.17) is 5.26 Å². The van der Waals surface area contributed by atoms with E-state index in [2.05, 4.69) is 28.3 Å². The van der Waals surface area contributed by atoms with Gasteiger partial charge in [0, 0.05) is 37.8 Å². The Hall–Kier alpha value is -0.820. The molecule has 4 heteroatoms. The highest BCUT2D eigenvalue weighted by atomic mass is 32.2. The normalized spacial score (nSPS) is 20.8. The summed E-state index contributed by atoms with van der Waals surface area (Å²) < 4.78 is 0. The molecular weight excluding hydrogens is 182 g/mol. The summed E-state index contributed by atoms with van der Waals surface area (Å²) in [6.45, 7) is 3.21. The second-order valence-electron chi connectivity index (χ2n) is 3.09. The Balaban J connectivity index is 2.44. The summed E-state index contributed by atoms with van der Waals surface area (Å²) in [4.78, 5) is 4.26. The maximum absolute atomic E-state index is 8.62. The third kappa shape index (κ3) is 2.56. The van der Waals surface area contributed by atoms with E-state index in [9.17, 15) is 0 Å². The lowest BCUT2D eigenvalue weighted by Gasteiger charge is -2.27. The summed E-state index contributed by atoms with van der Waals surface area (Å²) in [6.07, 6.45) is 6.45. The van der Waals surface area contributed by atoms with Gasteiger partial charge in [-0.15, -0.1) is 0 Å². The molecule has 0 fully saturated rings. The zero-order chi connectivity index (χ0) is 9.68. The van der Waals surface area contributed by atoms with Crippen molar-refractivity contribution in [3.63, 3.8) is 0 Å². The van der Waals surface area contributed by atoms with Gasteiger partial charge in [0.2, 0.25) is 0 Å². The summed E-state index contributed by atoms with van der Waals surface area (Å²) in [6, 6.07) is 0. The maximum Gasteiger partial charge on any atom is 0.163 e. The molecule has 0 aromatic heterocycles. The number of thiocyanates is 1. The molecule has 1 heterocycles. The number of hydrogen-bond acceptors (Lipinski definition) is 4. The van der Waals surface area contributed by atoms with Gasteiger partial charge in [-0.25, -0.2) is 0 Å². The first-order valence-electron chi connectivity index (χ1n) is 4.50. The standard InChI is InChI=1S/C9H15N3S/c1-3-4-5-12-7-6-11(2)9(12)13-8-10/h6-7,9H,3-5H2,1-2H3. The van der Waals surface area contributed by atoms with E-state index in [0.717, 1.165) is 6.54 Å². The van der Waals surface area contributed by atoms with Crippen molar-refractivity contribution in [2.24, 2.45) is 0 Å². The van der Waals surface area contributed by atoms with Crippen molar-refractivity contribution in [3.8, 4) is 5.40 Å². The van der Waals surface area contributed by atoms with Gasteiger partial charge in [0.1, 0.15) is 5.40 Å². The van der Waals surface area contributed by atoms with Crippen molar-refractivity contribution in [3.05, 3.63) is 12.4 Å². The van der Waals surface area contributed by atoms with Gasteiger partial charge >= 0.3 is 0 Å². The minimum Gasteiger partial charge on any atom is -0.350 e. The van der Waals surface area contributed by atoms with Gasteiger partial charge in [-0.3, -0.25) is 0 Å². The number of unbranched alkanes of at least 4 members (excludes halogenated alkanes) is 1. The fourth-order valence-corrected chi connectivity index (χ4v) is 1.94. The molecule has 0 bridgehead atoms. The van der Waals surface area contributed by atoms with Crippen LogP contribution in [-0.2, 0) is 0 Å². The van der Waals surface area contributed by atoms with Crippen molar-refractivity contribution in [1.29, 1.82) is 5.26 Å². The Morgan fingerprint density at radius 2 is 2.31 bits per heavy atom. The van der Waals surface area contributed by atoms with Gasteiger partial charge in [-0.05, 0) is 6.42 Å². The molecule has 0 saturated carbocycles. The zero-order valence-corrected chi connectivity index (χ0v) is 8.92. The fraction of sp³-hybridized carbons (Fsp3) is 0.667. The first kappa shape index (κ1) is 10.3. The van der Waals surface area contributed by atoms with E-state index in [1.54, 1.807) is 0 Å². The van der Waals surface area contributed by atoms with Gasteiger partial charge in [-0.1, -0.05) is 13.3 Å². The highest BCUT2D eigenvalue weighted by Crippen LogP contribution is 2.23. The molecule has 0 spiro atoms. The average Bonchev–Trinajstić information content (AvgIpc) is 2.46. The van der Waals surface area contributed by atoms with E-state index < -0.39 is 0 Å². The van der Waals surface area contributed by atoms with E-state index in [1.165, 1.54) is 24.6 Å². The quantitative estimate of drug-likeness (QED) is 0.645. The molecule has 0 saturated heterocycles. The molecule has 1 rings (SSSR count). The minimum absolute atomic E-state index is 0.177. The van der Waals surface area contributed by atoms with E-state index in [0.29, 0.717) is 0 Å². The van der Waals surface area contributed by atoms with Crippen LogP contribution in [0.2, 0.25) is 0 Å². The van der Waals surface area contributed by atoms with Crippen LogP contribution in [0.3, 0.4) is 0 Å². The number of hydrogen-bond donors (Lipinski definition) is 0. The third-order valence-corrected chi connectivity index (χ3v) is 2.97. The molecular formula is C9H15N3S. The van der Waals surface area contributed by atoms with Crippen molar-refractivity contribution >= 4 is 11.8 Å². The van der Waals surface area contributed by atoms with E-state index >= 15 is 0 Å². The Bertz CT molecular complexity index is 221. The predicted octanol–water partition coefficient (Wildman–Crippen LogP) is 2.00. The highest BCUT2D eigenvalue weighted by molar-refractivity contribution is 8.04. The highest BCUT2D eigenvalue weighted by Gasteiger charge is 2.23. The van der Waals surface area contributed by atoms with Crippen LogP contribution in [0.4, 0.5) is 0 Å². The number of nitrogens with zero attached hydrogens (tertiary/aromatic N) is 3. The fourth-order valence-electron chi connectivity index (χ4n) is 1.30. The first-order valence-corrected chi connectivity index (χ1v) is 5.38. The van der Waals surface area contributed by atoms with Crippen molar-refractivity contribution in [2.45, 2.75) is 25.3 Å². The largest absolute Gasteiger partial charge is 0.350 e. The molecule has 1 aliphatic rings. The van der Waals surface area contributed by atoms with Crippen LogP contribution >= 0.6 is 11.8 Å². The number of thioether (sulfide) groups is 1. The van der Waals surface area contributed by atoms with Crippen LogP contribution in [-0.4, -0.2) is 28.9 Å².